The second-order valence-electron chi connectivity index (χ2n) is 8.47. The molecule has 0 spiro atoms. The van der Waals surface area contributed by atoms with Crippen molar-refractivity contribution in [2.24, 2.45) is 11.8 Å². The highest BCUT2D eigenvalue weighted by Gasteiger charge is 2.18. The zero-order valence-electron chi connectivity index (χ0n) is 19.6. The van der Waals surface area contributed by atoms with Gasteiger partial charge in [0.1, 0.15) is 12.4 Å². The molecule has 0 aliphatic rings. The number of benzene rings is 1. The topological polar surface area (TPSA) is 85.3 Å². The molecule has 7 nitrogen and oxygen atoms in total. The van der Waals surface area contributed by atoms with Crippen molar-refractivity contribution >= 4 is 12.1 Å². The first-order valence-electron chi connectivity index (χ1n) is 11.2. The van der Waals surface area contributed by atoms with Gasteiger partial charge in [-0.2, -0.15) is 0 Å². The van der Waals surface area contributed by atoms with Crippen LogP contribution in [0.15, 0.2) is 24.3 Å². The van der Waals surface area contributed by atoms with Gasteiger partial charge in [-0.1, -0.05) is 39.8 Å². The number of carbonyl (C=O) groups is 2. The van der Waals surface area contributed by atoms with Crippen molar-refractivity contribution in [1.29, 1.82) is 0 Å². The SMILES string of the molecule is CCOC(Cc1ccc(OCCN(CCCC(C)C)C(=O)OCC(C)C)cc1)C(=O)O. The summed E-state index contributed by atoms with van der Waals surface area (Å²) in [7, 11) is 0. The van der Waals surface area contributed by atoms with Crippen LogP contribution in [0.1, 0.15) is 53.0 Å². The molecule has 176 valence electrons. The molecule has 1 aromatic carbocycles. The number of amides is 1. The lowest BCUT2D eigenvalue weighted by Gasteiger charge is -2.23. The molecule has 0 bridgehead atoms. The van der Waals surface area contributed by atoms with E-state index in [9.17, 15) is 14.7 Å². The van der Waals surface area contributed by atoms with Crippen LogP contribution in [0.5, 0.6) is 5.75 Å². The van der Waals surface area contributed by atoms with Crippen LogP contribution in [0.3, 0.4) is 0 Å². The number of carbonyl (C=O) groups excluding carboxylic acids is 1. The first kappa shape index (κ1) is 26.8. The average Bonchev–Trinajstić information content (AvgIpc) is 2.71. The second kappa shape index (κ2) is 14.7. The first-order valence-corrected chi connectivity index (χ1v) is 11.2. The number of aliphatic carboxylic acids is 1. The summed E-state index contributed by atoms with van der Waals surface area (Å²) in [5.41, 5.74) is 0.862. The van der Waals surface area contributed by atoms with E-state index >= 15 is 0 Å². The number of rotatable bonds is 15. The molecule has 0 fully saturated rings. The summed E-state index contributed by atoms with van der Waals surface area (Å²) in [4.78, 5) is 25.3. The highest BCUT2D eigenvalue weighted by Crippen LogP contribution is 2.15. The normalized spacial score (nSPS) is 12.1. The number of hydrogen-bond donors (Lipinski definition) is 1. The molecule has 0 aliphatic heterocycles. The van der Waals surface area contributed by atoms with Crippen molar-refractivity contribution in [1.82, 2.24) is 4.90 Å². The van der Waals surface area contributed by atoms with E-state index in [1.54, 1.807) is 24.0 Å². The molecule has 31 heavy (non-hydrogen) atoms. The Morgan fingerprint density at radius 2 is 1.71 bits per heavy atom. The lowest BCUT2D eigenvalue weighted by molar-refractivity contribution is -0.149. The van der Waals surface area contributed by atoms with Crippen molar-refractivity contribution in [2.45, 2.75) is 60.0 Å². The second-order valence-corrected chi connectivity index (χ2v) is 8.47. The van der Waals surface area contributed by atoms with Gasteiger partial charge < -0.3 is 24.2 Å². The van der Waals surface area contributed by atoms with Crippen LogP contribution in [0.4, 0.5) is 4.79 Å². The molecule has 1 amide bonds. The van der Waals surface area contributed by atoms with Crippen molar-refractivity contribution in [3.63, 3.8) is 0 Å². The molecular formula is C24H39NO6. The molecule has 0 radical (unpaired) electrons. The van der Waals surface area contributed by atoms with E-state index in [0.29, 0.717) is 56.9 Å². The lowest BCUT2D eigenvalue weighted by atomic mass is 10.1. The summed E-state index contributed by atoms with van der Waals surface area (Å²) in [5.74, 6) is 0.584. The minimum absolute atomic E-state index is 0.291. The van der Waals surface area contributed by atoms with Crippen LogP contribution in [0.2, 0.25) is 0 Å². The molecule has 0 saturated carbocycles. The van der Waals surface area contributed by atoms with E-state index in [1.165, 1.54) is 0 Å². The molecular weight excluding hydrogens is 398 g/mol. The van der Waals surface area contributed by atoms with Crippen molar-refractivity contribution in [3.8, 4) is 5.75 Å². The highest BCUT2D eigenvalue weighted by molar-refractivity contribution is 5.72. The van der Waals surface area contributed by atoms with Crippen LogP contribution in [0.25, 0.3) is 0 Å². The Balaban J connectivity index is 2.56. The van der Waals surface area contributed by atoms with Gasteiger partial charge in [0, 0.05) is 19.6 Å². The summed E-state index contributed by atoms with van der Waals surface area (Å²) in [5, 5.41) is 9.20. The zero-order valence-corrected chi connectivity index (χ0v) is 19.6. The minimum atomic E-state index is -0.968. The molecule has 1 N–H and O–H groups in total. The van der Waals surface area contributed by atoms with Gasteiger partial charge in [0.05, 0.1) is 13.2 Å². The van der Waals surface area contributed by atoms with Crippen LogP contribution >= 0.6 is 0 Å². The van der Waals surface area contributed by atoms with E-state index in [0.717, 1.165) is 18.4 Å². The molecule has 0 aliphatic carbocycles. The van der Waals surface area contributed by atoms with E-state index < -0.39 is 12.1 Å². The van der Waals surface area contributed by atoms with E-state index in [1.807, 2.05) is 26.0 Å². The third kappa shape index (κ3) is 11.6. The van der Waals surface area contributed by atoms with Gasteiger partial charge in [0.2, 0.25) is 0 Å². The molecule has 1 aromatic rings. The Bertz CT molecular complexity index is 644. The standard InChI is InChI=1S/C24H39NO6/c1-6-29-22(23(26)27)16-20-9-11-21(12-10-20)30-15-14-25(13-7-8-18(2)3)24(28)31-17-19(4)5/h9-12,18-19,22H,6-8,13-17H2,1-5H3,(H,26,27). The summed E-state index contributed by atoms with van der Waals surface area (Å²) in [6, 6.07) is 7.28. The molecule has 1 unspecified atom stereocenters. The summed E-state index contributed by atoms with van der Waals surface area (Å²) in [6.45, 7) is 12.3. The van der Waals surface area contributed by atoms with Gasteiger partial charge in [0.25, 0.3) is 0 Å². The molecule has 7 heteroatoms. The molecule has 0 heterocycles. The Kier molecular flexibility index (Phi) is 12.7. The molecule has 1 atom stereocenters. The van der Waals surface area contributed by atoms with Gasteiger partial charge in [0.15, 0.2) is 6.10 Å². The van der Waals surface area contributed by atoms with Crippen LogP contribution in [0, 0.1) is 11.8 Å². The Hall–Kier alpha value is -2.28. The van der Waals surface area contributed by atoms with Gasteiger partial charge in [-0.15, -0.1) is 0 Å². The predicted octanol–water partition coefficient (Wildman–Crippen LogP) is 4.63. The summed E-state index contributed by atoms with van der Waals surface area (Å²) < 4.78 is 16.4. The number of carboxylic acids is 1. The third-order valence-electron chi connectivity index (χ3n) is 4.63. The van der Waals surface area contributed by atoms with Gasteiger partial charge in [-0.3, -0.25) is 0 Å². The molecule has 0 saturated heterocycles. The van der Waals surface area contributed by atoms with Crippen LogP contribution in [-0.2, 0) is 20.7 Å². The number of ether oxygens (including phenoxy) is 3. The summed E-state index contributed by atoms with van der Waals surface area (Å²) in [6.07, 6.45) is 1.12. The van der Waals surface area contributed by atoms with Crippen molar-refractivity contribution in [2.75, 3.05) is 32.9 Å². The Labute approximate surface area is 186 Å². The zero-order chi connectivity index (χ0) is 23.2. The maximum absolute atomic E-state index is 12.4. The number of nitrogens with zero attached hydrogens (tertiary/aromatic N) is 1. The largest absolute Gasteiger partial charge is 0.492 e. The molecule has 0 aromatic heterocycles. The van der Waals surface area contributed by atoms with Crippen LogP contribution in [-0.4, -0.2) is 61.1 Å². The average molecular weight is 438 g/mol. The van der Waals surface area contributed by atoms with Crippen LogP contribution < -0.4 is 4.74 Å². The smallest absolute Gasteiger partial charge is 0.409 e. The number of hydrogen-bond acceptors (Lipinski definition) is 5. The monoisotopic (exact) mass is 437 g/mol. The molecule has 1 rings (SSSR count). The van der Waals surface area contributed by atoms with Crippen molar-refractivity contribution in [3.05, 3.63) is 29.8 Å². The van der Waals surface area contributed by atoms with E-state index in [2.05, 4.69) is 13.8 Å². The van der Waals surface area contributed by atoms with Gasteiger partial charge in [-0.05, 0) is 49.3 Å². The maximum atomic E-state index is 12.4. The predicted molar refractivity (Wildman–Crippen MR) is 121 cm³/mol. The Morgan fingerprint density at radius 3 is 2.26 bits per heavy atom. The van der Waals surface area contributed by atoms with Gasteiger partial charge in [-0.25, -0.2) is 9.59 Å². The van der Waals surface area contributed by atoms with E-state index in [-0.39, 0.29) is 6.09 Å². The first-order chi connectivity index (χ1) is 14.7. The van der Waals surface area contributed by atoms with E-state index in [4.69, 9.17) is 14.2 Å². The minimum Gasteiger partial charge on any atom is -0.492 e. The number of carboxylic acid groups (broad SMARTS) is 1. The Morgan fingerprint density at radius 1 is 1.03 bits per heavy atom. The summed E-state index contributed by atoms with van der Waals surface area (Å²) >= 11 is 0. The highest BCUT2D eigenvalue weighted by atomic mass is 16.6. The fraction of sp³-hybridized carbons (Fsp3) is 0.667. The fourth-order valence-corrected chi connectivity index (χ4v) is 2.94. The third-order valence-corrected chi connectivity index (χ3v) is 4.63. The fourth-order valence-electron chi connectivity index (χ4n) is 2.94. The van der Waals surface area contributed by atoms with Gasteiger partial charge >= 0.3 is 12.1 Å². The maximum Gasteiger partial charge on any atom is 0.409 e. The lowest BCUT2D eigenvalue weighted by Crippen LogP contribution is -2.36. The van der Waals surface area contributed by atoms with Crippen molar-refractivity contribution < 1.29 is 28.9 Å². The quantitative estimate of drug-likeness (QED) is 0.431.